The molecular weight excluding hydrogens is 500 g/mol. The van der Waals surface area contributed by atoms with Crippen molar-refractivity contribution in [3.63, 3.8) is 0 Å². The number of nitrogens with zero attached hydrogens (tertiary/aromatic N) is 2. The topological polar surface area (TPSA) is 73.6 Å². The van der Waals surface area contributed by atoms with Crippen LogP contribution < -0.4 is 9.64 Å². The Balaban J connectivity index is 1.82. The maximum atomic E-state index is 14.5. The van der Waals surface area contributed by atoms with Gasteiger partial charge in [-0.05, 0) is 47.0 Å². The number of amides is 1. The van der Waals surface area contributed by atoms with Crippen LogP contribution in [-0.2, 0) is 10.4 Å². The predicted octanol–water partition coefficient (Wildman–Crippen LogP) is 5.93. The Morgan fingerprint density at radius 1 is 1.17 bits per heavy atom. The highest BCUT2D eigenvalue weighted by Crippen LogP contribution is 2.51. The highest BCUT2D eigenvalue weighted by atomic mass is 35.5. The van der Waals surface area contributed by atoms with Crippen molar-refractivity contribution in [2.75, 3.05) is 18.6 Å². The van der Waals surface area contributed by atoms with Crippen LogP contribution in [0.5, 0.6) is 5.75 Å². The van der Waals surface area contributed by atoms with E-state index in [1.54, 1.807) is 0 Å². The Kier molecular flexibility index (Phi) is 6.45. The second-order valence-electron chi connectivity index (χ2n) is 8.42. The number of benzene rings is 3. The summed E-state index contributed by atoms with van der Waals surface area (Å²) in [5.41, 5.74) is -3.66. The Labute approximate surface area is 209 Å². The van der Waals surface area contributed by atoms with Gasteiger partial charge < -0.3 is 14.7 Å². The first-order chi connectivity index (χ1) is 16.9. The van der Waals surface area contributed by atoms with Crippen molar-refractivity contribution in [3.05, 3.63) is 82.1 Å². The van der Waals surface area contributed by atoms with E-state index in [4.69, 9.17) is 16.3 Å². The Morgan fingerprint density at radius 3 is 2.53 bits per heavy atom. The van der Waals surface area contributed by atoms with Crippen molar-refractivity contribution in [1.82, 2.24) is 0 Å². The van der Waals surface area contributed by atoms with Gasteiger partial charge in [0.1, 0.15) is 11.6 Å². The number of alkyl halides is 3. The highest BCUT2D eigenvalue weighted by molar-refractivity contribution is 6.31. The fourth-order valence-electron chi connectivity index (χ4n) is 4.34. The zero-order valence-electron chi connectivity index (χ0n) is 19.0. The minimum absolute atomic E-state index is 0.0328. The van der Waals surface area contributed by atoms with Crippen molar-refractivity contribution >= 4 is 23.2 Å². The molecule has 0 bridgehead atoms. The molecule has 0 saturated heterocycles. The summed E-state index contributed by atoms with van der Waals surface area (Å²) in [6, 6.07) is 13.1. The Bertz CT molecular complexity index is 1400. The molecule has 1 aliphatic rings. The molecule has 0 radical (unpaired) electrons. The van der Waals surface area contributed by atoms with Crippen LogP contribution in [0, 0.1) is 17.1 Å². The Hall–Kier alpha value is -3.61. The minimum Gasteiger partial charge on any atom is -0.482 e. The molecule has 1 heterocycles. The number of carbonyl (C=O) groups excluding carboxylic acids is 1. The number of hydrogen-bond donors (Lipinski definition) is 1. The number of aliphatic hydroxyl groups is 1. The third kappa shape index (κ3) is 4.06. The van der Waals surface area contributed by atoms with Gasteiger partial charge in [-0.2, -0.15) is 18.4 Å². The summed E-state index contributed by atoms with van der Waals surface area (Å²) >= 11 is 6.37. The van der Waals surface area contributed by atoms with E-state index in [0.717, 1.165) is 23.1 Å². The van der Waals surface area contributed by atoms with Gasteiger partial charge in [0, 0.05) is 23.6 Å². The number of likely N-dealkylation sites (N-methyl/N-ethyl adjacent to an activating group) is 1. The number of carbonyl (C=O) groups is 1. The molecule has 4 rings (SSSR count). The third-order valence-corrected chi connectivity index (χ3v) is 6.76. The van der Waals surface area contributed by atoms with Gasteiger partial charge in [0.2, 0.25) is 0 Å². The van der Waals surface area contributed by atoms with Gasteiger partial charge in [-0.3, -0.25) is 4.79 Å². The fraction of sp³-hybridized carbons (Fsp3) is 0.231. The lowest BCUT2D eigenvalue weighted by atomic mass is 9.77. The van der Waals surface area contributed by atoms with Crippen molar-refractivity contribution in [1.29, 1.82) is 5.26 Å². The first-order valence-corrected chi connectivity index (χ1v) is 11.1. The van der Waals surface area contributed by atoms with Crippen LogP contribution in [-0.4, -0.2) is 30.8 Å². The molecule has 2 unspecified atom stereocenters. The molecule has 10 heteroatoms. The molecule has 36 heavy (non-hydrogen) atoms. The van der Waals surface area contributed by atoms with Crippen LogP contribution in [0.25, 0.3) is 11.1 Å². The SMILES string of the molecule is CC(c1ccc(-c2c(F)cccc2C#N)cc1Cl)C(O)(c1ccc2c(c1)N(C)C(=O)CO2)C(F)(F)F. The van der Waals surface area contributed by atoms with Crippen LogP contribution in [0.2, 0.25) is 5.02 Å². The first kappa shape index (κ1) is 25.5. The molecule has 3 aromatic carbocycles. The summed E-state index contributed by atoms with van der Waals surface area (Å²) < 4.78 is 63.1. The largest absolute Gasteiger partial charge is 0.482 e. The lowest BCUT2D eigenvalue weighted by molar-refractivity contribution is -0.274. The summed E-state index contributed by atoms with van der Waals surface area (Å²) in [5.74, 6) is -2.54. The first-order valence-electron chi connectivity index (χ1n) is 10.7. The zero-order chi connectivity index (χ0) is 26.4. The highest BCUT2D eigenvalue weighted by Gasteiger charge is 2.59. The molecular formula is C26H19ClF4N2O3. The van der Waals surface area contributed by atoms with E-state index in [1.165, 1.54) is 50.4 Å². The van der Waals surface area contributed by atoms with E-state index in [0.29, 0.717) is 0 Å². The summed E-state index contributed by atoms with van der Waals surface area (Å²) in [5, 5.41) is 20.4. The van der Waals surface area contributed by atoms with Crippen molar-refractivity contribution in [2.24, 2.45) is 0 Å². The summed E-state index contributed by atoms with van der Waals surface area (Å²) in [6.07, 6.45) is -5.14. The van der Waals surface area contributed by atoms with E-state index in [-0.39, 0.29) is 45.3 Å². The smallest absolute Gasteiger partial charge is 0.422 e. The van der Waals surface area contributed by atoms with E-state index < -0.39 is 35.0 Å². The lowest BCUT2D eigenvalue weighted by Crippen LogP contribution is -2.47. The van der Waals surface area contributed by atoms with Gasteiger partial charge >= 0.3 is 6.18 Å². The molecule has 186 valence electrons. The number of fused-ring (bicyclic) bond motifs is 1. The number of halogens is 5. The number of nitriles is 1. The molecule has 2 atom stereocenters. The van der Waals surface area contributed by atoms with Crippen LogP contribution in [0.15, 0.2) is 54.6 Å². The molecule has 0 aromatic heterocycles. The molecule has 0 aliphatic carbocycles. The molecule has 0 saturated carbocycles. The average Bonchev–Trinajstić information content (AvgIpc) is 2.84. The number of anilines is 1. The van der Waals surface area contributed by atoms with Crippen molar-refractivity contribution in [2.45, 2.75) is 24.6 Å². The number of rotatable bonds is 4. The Morgan fingerprint density at radius 2 is 1.89 bits per heavy atom. The van der Waals surface area contributed by atoms with E-state index in [1.807, 2.05) is 6.07 Å². The lowest BCUT2D eigenvalue weighted by Gasteiger charge is -2.38. The molecule has 1 N–H and O–H groups in total. The number of ether oxygens (including phenoxy) is 1. The van der Waals surface area contributed by atoms with Gasteiger partial charge in [-0.15, -0.1) is 0 Å². The second kappa shape index (κ2) is 9.12. The third-order valence-electron chi connectivity index (χ3n) is 6.43. The van der Waals surface area contributed by atoms with Gasteiger partial charge in [0.15, 0.2) is 12.2 Å². The zero-order valence-corrected chi connectivity index (χ0v) is 19.8. The molecule has 1 amide bonds. The predicted molar refractivity (Wildman–Crippen MR) is 125 cm³/mol. The summed E-state index contributed by atoms with van der Waals surface area (Å²) in [4.78, 5) is 13.1. The van der Waals surface area contributed by atoms with Gasteiger partial charge in [0.05, 0.1) is 17.3 Å². The average molecular weight is 519 g/mol. The quantitative estimate of drug-likeness (QED) is 0.435. The van der Waals surface area contributed by atoms with Crippen molar-refractivity contribution in [3.8, 4) is 22.9 Å². The number of hydrogen-bond acceptors (Lipinski definition) is 4. The minimum atomic E-state index is -5.14. The molecule has 3 aromatic rings. The van der Waals surface area contributed by atoms with Crippen LogP contribution >= 0.6 is 11.6 Å². The normalized spacial score (nSPS) is 16.0. The molecule has 0 spiro atoms. The monoisotopic (exact) mass is 518 g/mol. The molecule has 5 nitrogen and oxygen atoms in total. The van der Waals surface area contributed by atoms with Gasteiger partial charge in [-0.25, -0.2) is 4.39 Å². The summed E-state index contributed by atoms with van der Waals surface area (Å²) in [6.45, 7) is 0.920. The van der Waals surface area contributed by atoms with Crippen LogP contribution in [0.4, 0.5) is 23.2 Å². The molecule has 0 fully saturated rings. The van der Waals surface area contributed by atoms with Crippen LogP contribution in [0.1, 0.15) is 29.5 Å². The van der Waals surface area contributed by atoms with Gasteiger partial charge in [0.25, 0.3) is 5.91 Å². The summed E-state index contributed by atoms with van der Waals surface area (Å²) in [7, 11) is 1.40. The maximum Gasteiger partial charge on any atom is 0.422 e. The van der Waals surface area contributed by atoms with E-state index in [2.05, 4.69) is 0 Å². The van der Waals surface area contributed by atoms with E-state index >= 15 is 0 Å². The van der Waals surface area contributed by atoms with E-state index in [9.17, 15) is 32.7 Å². The fourth-order valence-corrected chi connectivity index (χ4v) is 4.68. The maximum absolute atomic E-state index is 14.5. The van der Waals surface area contributed by atoms with Crippen molar-refractivity contribution < 1.29 is 32.2 Å². The molecule has 1 aliphatic heterocycles. The van der Waals surface area contributed by atoms with Crippen LogP contribution in [0.3, 0.4) is 0 Å². The van der Waals surface area contributed by atoms with Gasteiger partial charge in [-0.1, -0.05) is 42.8 Å². The standard InChI is InChI=1S/C26H19ClF4N2O3/c1-14(18-8-6-15(10-19(18)27)24-16(12-32)4-3-5-20(24)28)25(35,26(29,30)31)17-7-9-22-21(11-17)33(2)23(34)13-36-22/h3-11,14,35H,13H2,1-2H3. The second-order valence-corrected chi connectivity index (χ2v) is 8.83.